The molecule has 1 unspecified atom stereocenters. The first-order valence-corrected chi connectivity index (χ1v) is 4.30. The molecule has 0 bridgehead atoms. The number of aliphatic hydroxyl groups is 1. The summed E-state index contributed by atoms with van der Waals surface area (Å²) in [5, 5.41) is 12.4. The lowest BCUT2D eigenvalue weighted by Gasteiger charge is -2.17. The van der Waals surface area contributed by atoms with Crippen molar-refractivity contribution in [2.45, 2.75) is 25.5 Å². The molecule has 1 aliphatic heterocycles. The lowest BCUT2D eigenvalue weighted by Crippen LogP contribution is -2.33. The van der Waals surface area contributed by atoms with Gasteiger partial charge in [0.25, 0.3) is 0 Å². The summed E-state index contributed by atoms with van der Waals surface area (Å²) in [4.78, 5) is 2.30. The van der Waals surface area contributed by atoms with Crippen LogP contribution in [0.3, 0.4) is 0 Å². The third-order valence-corrected chi connectivity index (χ3v) is 2.20. The first-order chi connectivity index (χ1) is 5.22. The second-order valence-electron chi connectivity index (χ2n) is 3.38. The topological polar surface area (TPSA) is 35.5 Å². The van der Waals surface area contributed by atoms with Gasteiger partial charge in [-0.3, -0.25) is 4.90 Å². The molecule has 0 radical (unpaired) electrons. The third kappa shape index (κ3) is 2.77. The fourth-order valence-electron chi connectivity index (χ4n) is 1.61. The Labute approximate surface area is 68.4 Å². The quantitative estimate of drug-likeness (QED) is 0.590. The van der Waals surface area contributed by atoms with Crippen molar-refractivity contribution in [1.82, 2.24) is 10.2 Å². The van der Waals surface area contributed by atoms with Crippen LogP contribution in [0.2, 0.25) is 0 Å². The van der Waals surface area contributed by atoms with Crippen LogP contribution in [-0.2, 0) is 0 Å². The standard InChI is InChI=1S/C8H18N2O/c1-7(11)5-10-4-3-8(6-10)9-2/h7-9,11H,3-6H2,1-2H3/t7-,8?/m0/s1. The van der Waals surface area contributed by atoms with E-state index in [0.29, 0.717) is 6.04 Å². The second-order valence-corrected chi connectivity index (χ2v) is 3.38. The number of likely N-dealkylation sites (N-methyl/N-ethyl adjacent to an activating group) is 1. The molecule has 11 heavy (non-hydrogen) atoms. The number of rotatable bonds is 3. The highest BCUT2D eigenvalue weighted by molar-refractivity contribution is 4.80. The van der Waals surface area contributed by atoms with Crippen molar-refractivity contribution in [3.63, 3.8) is 0 Å². The Balaban J connectivity index is 2.19. The molecule has 2 atom stereocenters. The average Bonchev–Trinajstić information content (AvgIpc) is 2.34. The minimum atomic E-state index is -0.189. The van der Waals surface area contributed by atoms with Gasteiger partial charge >= 0.3 is 0 Å². The molecular formula is C8H18N2O. The van der Waals surface area contributed by atoms with E-state index in [2.05, 4.69) is 10.2 Å². The van der Waals surface area contributed by atoms with Gasteiger partial charge in [-0.05, 0) is 26.9 Å². The molecule has 3 heteroatoms. The van der Waals surface area contributed by atoms with E-state index in [1.54, 1.807) is 0 Å². The molecule has 1 aliphatic rings. The number of aliphatic hydroxyl groups excluding tert-OH is 1. The lowest BCUT2D eigenvalue weighted by atomic mass is 10.3. The highest BCUT2D eigenvalue weighted by Gasteiger charge is 2.21. The largest absolute Gasteiger partial charge is 0.392 e. The molecule has 1 saturated heterocycles. The van der Waals surface area contributed by atoms with Crippen molar-refractivity contribution in [2.24, 2.45) is 0 Å². The number of likely N-dealkylation sites (tertiary alicyclic amines) is 1. The van der Waals surface area contributed by atoms with E-state index < -0.39 is 0 Å². The molecule has 3 nitrogen and oxygen atoms in total. The van der Waals surface area contributed by atoms with Crippen LogP contribution in [-0.4, -0.2) is 48.8 Å². The van der Waals surface area contributed by atoms with E-state index in [-0.39, 0.29) is 6.10 Å². The van der Waals surface area contributed by atoms with E-state index in [1.807, 2.05) is 14.0 Å². The van der Waals surface area contributed by atoms with Gasteiger partial charge in [-0.2, -0.15) is 0 Å². The molecule has 1 fully saturated rings. The fourth-order valence-corrected chi connectivity index (χ4v) is 1.61. The summed E-state index contributed by atoms with van der Waals surface area (Å²) in [7, 11) is 2.00. The van der Waals surface area contributed by atoms with Crippen LogP contribution < -0.4 is 5.32 Å². The third-order valence-electron chi connectivity index (χ3n) is 2.20. The molecular weight excluding hydrogens is 140 g/mol. The number of nitrogens with one attached hydrogen (secondary N) is 1. The molecule has 0 aromatic heterocycles. The van der Waals surface area contributed by atoms with Gasteiger partial charge in [0.2, 0.25) is 0 Å². The lowest BCUT2D eigenvalue weighted by molar-refractivity contribution is 0.140. The molecule has 2 N–H and O–H groups in total. The maximum absolute atomic E-state index is 9.11. The smallest absolute Gasteiger partial charge is 0.0639 e. The van der Waals surface area contributed by atoms with Gasteiger partial charge in [0.05, 0.1) is 6.10 Å². The van der Waals surface area contributed by atoms with Gasteiger partial charge in [-0.25, -0.2) is 0 Å². The van der Waals surface area contributed by atoms with Crippen molar-refractivity contribution in [2.75, 3.05) is 26.7 Å². The van der Waals surface area contributed by atoms with Crippen LogP contribution in [0, 0.1) is 0 Å². The van der Waals surface area contributed by atoms with E-state index in [1.165, 1.54) is 6.42 Å². The fraction of sp³-hybridized carbons (Fsp3) is 1.00. The molecule has 0 aliphatic carbocycles. The monoisotopic (exact) mass is 158 g/mol. The van der Waals surface area contributed by atoms with Crippen molar-refractivity contribution in [1.29, 1.82) is 0 Å². The van der Waals surface area contributed by atoms with Gasteiger partial charge < -0.3 is 10.4 Å². The van der Waals surface area contributed by atoms with Crippen molar-refractivity contribution in [3.05, 3.63) is 0 Å². The zero-order valence-corrected chi connectivity index (χ0v) is 7.38. The van der Waals surface area contributed by atoms with Gasteiger partial charge in [0, 0.05) is 19.1 Å². The maximum Gasteiger partial charge on any atom is 0.0639 e. The van der Waals surface area contributed by atoms with Gasteiger partial charge in [-0.1, -0.05) is 0 Å². The van der Waals surface area contributed by atoms with Crippen molar-refractivity contribution < 1.29 is 5.11 Å². The highest BCUT2D eigenvalue weighted by atomic mass is 16.3. The van der Waals surface area contributed by atoms with Crippen LogP contribution in [0.4, 0.5) is 0 Å². The Bertz CT molecular complexity index is 117. The molecule has 1 rings (SSSR count). The molecule has 0 amide bonds. The first kappa shape index (κ1) is 8.97. The van der Waals surface area contributed by atoms with E-state index >= 15 is 0 Å². The predicted molar refractivity (Wildman–Crippen MR) is 45.6 cm³/mol. The summed E-state index contributed by atoms with van der Waals surface area (Å²) in [6.07, 6.45) is 1.02. The van der Waals surface area contributed by atoms with Gasteiger partial charge in [0.1, 0.15) is 0 Å². The summed E-state index contributed by atoms with van der Waals surface area (Å²) < 4.78 is 0. The normalized spacial score (nSPS) is 29.2. The van der Waals surface area contributed by atoms with Crippen LogP contribution in [0.25, 0.3) is 0 Å². The number of nitrogens with zero attached hydrogens (tertiary/aromatic N) is 1. The van der Waals surface area contributed by atoms with Crippen molar-refractivity contribution >= 4 is 0 Å². The molecule has 66 valence electrons. The van der Waals surface area contributed by atoms with E-state index in [4.69, 9.17) is 5.11 Å². The maximum atomic E-state index is 9.11. The summed E-state index contributed by atoms with van der Waals surface area (Å²) in [6.45, 7) is 4.86. The van der Waals surface area contributed by atoms with Crippen LogP contribution in [0.15, 0.2) is 0 Å². The zero-order valence-electron chi connectivity index (χ0n) is 7.38. The molecule has 0 saturated carbocycles. The molecule has 1 heterocycles. The van der Waals surface area contributed by atoms with Crippen LogP contribution >= 0.6 is 0 Å². The molecule has 0 aromatic carbocycles. The van der Waals surface area contributed by atoms with Gasteiger partial charge in [0.15, 0.2) is 0 Å². The Morgan fingerprint density at radius 1 is 1.73 bits per heavy atom. The second kappa shape index (κ2) is 4.04. The summed E-state index contributed by atoms with van der Waals surface area (Å²) in [5.74, 6) is 0. The summed E-state index contributed by atoms with van der Waals surface area (Å²) >= 11 is 0. The highest BCUT2D eigenvalue weighted by Crippen LogP contribution is 2.08. The van der Waals surface area contributed by atoms with E-state index in [9.17, 15) is 0 Å². The number of hydrogen-bond acceptors (Lipinski definition) is 3. The summed E-state index contributed by atoms with van der Waals surface area (Å²) in [6, 6.07) is 0.633. The average molecular weight is 158 g/mol. The Kier molecular flexibility index (Phi) is 3.30. The minimum absolute atomic E-state index is 0.189. The molecule has 0 aromatic rings. The van der Waals surface area contributed by atoms with Crippen LogP contribution in [0.5, 0.6) is 0 Å². The Morgan fingerprint density at radius 2 is 2.45 bits per heavy atom. The Hall–Kier alpha value is -0.120. The van der Waals surface area contributed by atoms with Crippen LogP contribution in [0.1, 0.15) is 13.3 Å². The van der Waals surface area contributed by atoms with Gasteiger partial charge in [-0.15, -0.1) is 0 Å². The zero-order chi connectivity index (χ0) is 8.27. The first-order valence-electron chi connectivity index (χ1n) is 4.30. The summed E-state index contributed by atoms with van der Waals surface area (Å²) in [5.41, 5.74) is 0. The molecule has 0 spiro atoms. The minimum Gasteiger partial charge on any atom is -0.392 e. The predicted octanol–water partition coefficient (Wildman–Crippen LogP) is -0.339. The van der Waals surface area contributed by atoms with Crippen molar-refractivity contribution in [3.8, 4) is 0 Å². The number of hydrogen-bond donors (Lipinski definition) is 2. The number of β-amino-alcohol motifs (C(OH)–C–C–N with tert-alkyl or cyclic N) is 1. The Morgan fingerprint density at radius 3 is 2.91 bits per heavy atom. The van der Waals surface area contributed by atoms with E-state index in [0.717, 1.165) is 19.6 Å². The SMILES string of the molecule is CNC1CCN(C[C@H](C)O)C1.